The summed E-state index contributed by atoms with van der Waals surface area (Å²) in [5.41, 5.74) is 2.97. The summed E-state index contributed by atoms with van der Waals surface area (Å²) >= 11 is 1.48. The summed E-state index contributed by atoms with van der Waals surface area (Å²) in [6, 6.07) is 9.61. The van der Waals surface area contributed by atoms with E-state index >= 15 is 0 Å². The third kappa shape index (κ3) is 3.28. The Labute approximate surface area is 145 Å². The van der Waals surface area contributed by atoms with Crippen molar-refractivity contribution < 1.29 is 9.59 Å². The van der Waals surface area contributed by atoms with E-state index in [1.807, 2.05) is 42.6 Å². The molecular weight excluding hydrogens is 322 g/mol. The number of amides is 3. The van der Waals surface area contributed by atoms with Crippen molar-refractivity contribution in [3.63, 3.8) is 0 Å². The summed E-state index contributed by atoms with van der Waals surface area (Å²) in [5.74, 6) is -0.0302. The Bertz CT molecular complexity index is 739. The Kier molecular flexibility index (Phi) is 4.85. The number of thiophene rings is 1. The minimum atomic E-state index is -0.0919. The summed E-state index contributed by atoms with van der Waals surface area (Å²) in [4.78, 5) is 26.6. The molecule has 0 spiro atoms. The SMILES string of the molecule is CCc1ccsc1C(=O)NC(C)c1ccc(N2CCNC2=O)cc1. The van der Waals surface area contributed by atoms with Gasteiger partial charge in [0.15, 0.2) is 0 Å². The first kappa shape index (κ1) is 16.5. The van der Waals surface area contributed by atoms with Crippen LogP contribution in [0.3, 0.4) is 0 Å². The van der Waals surface area contributed by atoms with Gasteiger partial charge in [-0.05, 0) is 48.1 Å². The third-order valence-electron chi connectivity index (χ3n) is 4.24. The van der Waals surface area contributed by atoms with E-state index in [0.29, 0.717) is 13.1 Å². The molecule has 2 N–H and O–H groups in total. The summed E-state index contributed by atoms with van der Waals surface area (Å²) in [5, 5.41) is 7.79. The normalized spacial score (nSPS) is 15.2. The number of hydrogen-bond acceptors (Lipinski definition) is 3. The molecule has 3 rings (SSSR count). The highest BCUT2D eigenvalue weighted by Crippen LogP contribution is 2.22. The highest BCUT2D eigenvalue weighted by molar-refractivity contribution is 7.12. The lowest BCUT2D eigenvalue weighted by atomic mass is 10.1. The maximum Gasteiger partial charge on any atom is 0.321 e. The largest absolute Gasteiger partial charge is 0.345 e. The zero-order valence-corrected chi connectivity index (χ0v) is 14.7. The molecule has 24 heavy (non-hydrogen) atoms. The molecule has 1 aromatic heterocycles. The molecule has 1 aliphatic rings. The molecule has 6 heteroatoms. The molecule has 1 fully saturated rings. The summed E-state index contributed by atoms with van der Waals surface area (Å²) in [6.07, 6.45) is 0.854. The Morgan fingerprint density at radius 1 is 1.33 bits per heavy atom. The number of carbonyl (C=O) groups excluding carboxylic acids is 2. The molecule has 3 amide bonds. The number of benzene rings is 1. The zero-order valence-electron chi connectivity index (χ0n) is 13.8. The molecule has 1 aliphatic heterocycles. The van der Waals surface area contributed by atoms with Crippen LogP contribution in [0.5, 0.6) is 0 Å². The molecule has 1 atom stereocenters. The van der Waals surface area contributed by atoms with Gasteiger partial charge in [0.05, 0.1) is 10.9 Å². The van der Waals surface area contributed by atoms with E-state index in [0.717, 1.165) is 28.1 Å². The van der Waals surface area contributed by atoms with Crippen molar-refractivity contribution in [2.24, 2.45) is 0 Å². The van der Waals surface area contributed by atoms with Gasteiger partial charge in [-0.2, -0.15) is 0 Å². The average Bonchev–Trinajstić information content (AvgIpc) is 3.23. The molecule has 5 nitrogen and oxygen atoms in total. The lowest BCUT2D eigenvalue weighted by Gasteiger charge is -2.17. The molecule has 0 radical (unpaired) electrons. The number of rotatable bonds is 5. The van der Waals surface area contributed by atoms with Crippen LogP contribution < -0.4 is 15.5 Å². The number of nitrogens with one attached hydrogen (secondary N) is 2. The maximum absolute atomic E-state index is 12.4. The number of hydrogen-bond donors (Lipinski definition) is 2. The van der Waals surface area contributed by atoms with Gasteiger partial charge in [-0.3, -0.25) is 9.69 Å². The van der Waals surface area contributed by atoms with Gasteiger partial charge >= 0.3 is 6.03 Å². The van der Waals surface area contributed by atoms with Crippen molar-refractivity contribution in [2.75, 3.05) is 18.0 Å². The quantitative estimate of drug-likeness (QED) is 0.875. The monoisotopic (exact) mass is 343 g/mol. The molecule has 1 unspecified atom stereocenters. The number of anilines is 1. The second-order valence-electron chi connectivity index (χ2n) is 5.80. The van der Waals surface area contributed by atoms with Crippen molar-refractivity contribution >= 4 is 29.0 Å². The summed E-state index contributed by atoms with van der Waals surface area (Å²) < 4.78 is 0. The van der Waals surface area contributed by atoms with Crippen LogP contribution in [-0.2, 0) is 6.42 Å². The van der Waals surface area contributed by atoms with Crippen LogP contribution in [0.25, 0.3) is 0 Å². The minimum Gasteiger partial charge on any atom is -0.345 e. The first-order valence-corrected chi connectivity index (χ1v) is 9.00. The second-order valence-corrected chi connectivity index (χ2v) is 6.71. The van der Waals surface area contributed by atoms with Gasteiger partial charge in [0, 0.05) is 18.8 Å². The minimum absolute atomic E-state index is 0.0302. The molecule has 1 aromatic carbocycles. The highest BCUT2D eigenvalue weighted by Gasteiger charge is 2.21. The van der Waals surface area contributed by atoms with Crippen LogP contribution in [-0.4, -0.2) is 25.0 Å². The second kappa shape index (κ2) is 7.05. The van der Waals surface area contributed by atoms with Gasteiger partial charge in [-0.25, -0.2) is 4.79 Å². The van der Waals surface area contributed by atoms with Crippen LogP contribution in [0.1, 0.15) is 40.7 Å². The van der Waals surface area contributed by atoms with Gasteiger partial charge in [0.25, 0.3) is 5.91 Å². The van der Waals surface area contributed by atoms with Crippen LogP contribution in [0, 0.1) is 0 Å². The van der Waals surface area contributed by atoms with Gasteiger partial charge in [-0.15, -0.1) is 11.3 Å². The average molecular weight is 343 g/mol. The molecule has 0 bridgehead atoms. The summed E-state index contributed by atoms with van der Waals surface area (Å²) in [6.45, 7) is 5.38. The molecule has 0 saturated carbocycles. The van der Waals surface area contributed by atoms with Crippen molar-refractivity contribution in [3.05, 3.63) is 51.7 Å². The number of nitrogens with zero attached hydrogens (tertiary/aromatic N) is 1. The van der Waals surface area contributed by atoms with Gasteiger partial charge < -0.3 is 10.6 Å². The molecule has 2 heterocycles. The Balaban J connectivity index is 1.68. The number of carbonyl (C=O) groups is 2. The Morgan fingerprint density at radius 3 is 2.71 bits per heavy atom. The molecule has 2 aromatic rings. The smallest absolute Gasteiger partial charge is 0.321 e. The van der Waals surface area contributed by atoms with Crippen molar-refractivity contribution in [3.8, 4) is 0 Å². The van der Waals surface area contributed by atoms with Crippen LogP contribution in [0.4, 0.5) is 10.5 Å². The van der Waals surface area contributed by atoms with E-state index in [1.165, 1.54) is 11.3 Å². The van der Waals surface area contributed by atoms with Crippen LogP contribution >= 0.6 is 11.3 Å². The first-order valence-electron chi connectivity index (χ1n) is 8.12. The maximum atomic E-state index is 12.4. The third-order valence-corrected chi connectivity index (χ3v) is 5.20. The number of aryl methyl sites for hydroxylation is 1. The number of urea groups is 1. The molecule has 1 saturated heterocycles. The molecule has 0 aliphatic carbocycles. The first-order chi connectivity index (χ1) is 11.6. The fourth-order valence-corrected chi connectivity index (χ4v) is 3.72. The zero-order chi connectivity index (χ0) is 17.1. The highest BCUT2D eigenvalue weighted by atomic mass is 32.1. The standard InChI is InChI=1S/C18H21N3O2S/c1-3-13-8-11-24-16(13)17(22)20-12(2)14-4-6-15(7-5-14)21-10-9-19-18(21)23/h4-8,11-12H,3,9-10H2,1-2H3,(H,19,23)(H,20,22). The Hall–Kier alpha value is -2.34. The van der Waals surface area contributed by atoms with Crippen molar-refractivity contribution in [1.82, 2.24) is 10.6 Å². The van der Waals surface area contributed by atoms with Gasteiger partial charge in [0.2, 0.25) is 0 Å². The van der Waals surface area contributed by atoms with E-state index in [4.69, 9.17) is 0 Å². The lowest BCUT2D eigenvalue weighted by Crippen LogP contribution is -2.28. The molecule has 126 valence electrons. The van der Waals surface area contributed by atoms with E-state index in [1.54, 1.807) is 4.90 Å². The van der Waals surface area contributed by atoms with E-state index in [2.05, 4.69) is 17.6 Å². The van der Waals surface area contributed by atoms with E-state index in [9.17, 15) is 9.59 Å². The summed E-state index contributed by atoms with van der Waals surface area (Å²) in [7, 11) is 0. The Morgan fingerprint density at radius 2 is 2.08 bits per heavy atom. The predicted molar refractivity (Wildman–Crippen MR) is 96.8 cm³/mol. The predicted octanol–water partition coefficient (Wildman–Crippen LogP) is 3.33. The topological polar surface area (TPSA) is 61.4 Å². The van der Waals surface area contributed by atoms with Gasteiger partial charge in [0.1, 0.15) is 0 Å². The van der Waals surface area contributed by atoms with Crippen molar-refractivity contribution in [1.29, 1.82) is 0 Å². The lowest BCUT2D eigenvalue weighted by molar-refractivity contribution is 0.0943. The van der Waals surface area contributed by atoms with Crippen LogP contribution in [0.15, 0.2) is 35.7 Å². The fraction of sp³-hybridized carbons (Fsp3) is 0.333. The van der Waals surface area contributed by atoms with Gasteiger partial charge in [-0.1, -0.05) is 19.1 Å². The van der Waals surface area contributed by atoms with Crippen molar-refractivity contribution in [2.45, 2.75) is 26.3 Å². The molecular formula is C18H21N3O2S. The van der Waals surface area contributed by atoms with E-state index in [-0.39, 0.29) is 18.0 Å². The fourth-order valence-electron chi connectivity index (χ4n) is 2.82. The van der Waals surface area contributed by atoms with E-state index < -0.39 is 0 Å². The van der Waals surface area contributed by atoms with Crippen LogP contribution in [0.2, 0.25) is 0 Å².